The highest BCUT2D eigenvalue weighted by atomic mass is 127. The molecule has 0 bridgehead atoms. The third-order valence-electron chi connectivity index (χ3n) is 1.88. The SMILES string of the molecule is FC(F)(F)Cc1cc2c(Cl)c(I)cnc2s1. The van der Waals surface area contributed by atoms with Crippen LogP contribution < -0.4 is 0 Å². The molecule has 7 heteroatoms. The van der Waals surface area contributed by atoms with Crippen LogP contribution in [0.25, 0.3) is 10.2 Å². The van der Waals surface area contributed by atoms with Gasteiger partial charge >= 0.3 is 6.18 Å². The molecule has 16 heavy (non-hydrogen) atoms. The van der Waals surface area contributed by atoms with Crippen LogP contribution >= 0.6 is 45.5 Å². The largest absolute Gasteiger partial charge is 0.393 e. The number of thiophene rings is 1. The smallest absolute Gasteiger partial charge is 0.244 e. The maximum absolute atomic E-state index is 12.2. The van der Waals surface area contributed by atoms with Crippen molar-refractivity contribution in [3.63, 3.8) is 0 Å². The van der Waals surface area contributed by atoms with Gasteiger partial charge in [0.15, 0.2) is 0 Å². The van der Waals surface area contributed by atoms with E-state index in [1.165, 1.54) is 6.07 Å². The van der Waals surface area contributed by atoms with Crippen molar-refractivity contribution in [3.05, 3.63) is 25.7 Å². The van der Waals surface area contributed by atoms with E-state index in [9.17, 15) is 13.2 Å². The number of hydrogen-bond donors (Lipinski definition) is 0. The van der Waals surface area contributed by atoms with Crippen molar-refractivity contribution in [3.8, 4) is 0 Å². The third kappa shape index (κ3) is 2.60. The molecule has 2 heterocycles. The maximum atomic E-state index is 12.2. The van der Waals surface area contributed by atoms with Crippen LogP contribution in [0.1, 0.15) is 4.88 Å². The molecule has 2 aromatic rings. The Hall–Kier alpha value is -0.0800. The first-order valence-electron chi connectivity index (χ1n) is 4.16. The molecule has 0 aromatic carbocycles. The van der Waals surface area contributed by atoms with Crippen molar-refractivity contribution in [2.45, 2.75) is 12.6 Å². The predicted molar refractivity (Wildman–Crippen MR) is 67.1 cm³/mol. The fraction of sp³-hybridized carbons (Fsp3) is 0.222. The topological polar surface area (TPSA) is 12.9 Å². The van der Waals surface area contributed by atoms with Crippen LogP contribution in [0.15, 0.2) is 12.3 Å². The third-order valence-corrected chi connectivity index (χ3v) is 4.47. The Bertz CT molecular complexity index is 537. The molecule has 0 spiro atoms. The number of aromatic nitrogens is 1. The quantitative estimate of drug-likeness (QED) is 0.659. The first-order chi connectivity index (χ1) is 7.37. The number of halogens is 5. The summed E-state index contributed by atoms with van der Waals surface area (Å²) in [5.74, 6) is 0. The van der Waals surface area contributed by atoms with Gasteiger partial charge < -0.3 is 0 Å². The van der Waals surface area contributed by atoms with Crippen molar-refractivity contribution in [2.75, 3.05) is 0 Å². The van der Waals surface area contributed by atoms with Gasteiger partial charge in [-0.25, -0.2) is 4.98 Å². The second-order valence-electron chi connectivity index (χ2n) is 3.14. The summed E-state index contributed by atoms with van der Waals surface area (Å²) < 4.78 is 37.3. The lowest BCUT2D eigenvalue weighted by molar-refractivity contribution is -0.126. The van der Waals surface area contributed by atoms with E-state index in [-0.39, 0.29) is 4.88 Å². The molecular formula is C9H4ClF3INS. The molecule has 0 fully saturated rings. The van der Waals surface area contributed by atoms with Gasteiger partial charge in [-0.1, -0.05) is 11.6 Å². The Labute approximate surface area is 112 Å². The minimum absolute atomic E-state index is 0.235. The summed E-state index contributed by atoms with van der Waals surface area (Å²) in [7, 11) is 0. The summed E-state index contributed by atoms with van der Waals surface area (Å²) in [6, 6.07) is 1.46. The van der Waals surface area contributed by atoms with Crippen molar-refractivity contribution in [2.24, 2.45) is 0 Å². The zero-order valence-electron chi connectivity index (χ0n) is 7.61. The Morgan fingerprint density at radius 1 is 1.44 bits per heavy atom. The first-order valence-corrected chi connectivity index (χ1v) is 6.43. The second kappa shape index (κ2) is 4.30. The molecule has 0 atom stereocenters. The van der Waals surface area contributed by atoms with Crippen molar-refractivity contribution in [1.29, 1.82) is 0 Å². The number of hydrogen-bond acceptors (Lipinski definition) is 2. The fourth-order valence-electron chi connectivity index (χ4n) is 1.27. The van der Waals surface area contributed by atoms with E-state index >= 15 is 0 Å². The molecule has 0 saturated heterocycles. The average Bonchev–Trinajstić information content (AvgIpc) is 2.52. The number of pyridine rings is 1. The van der Waals surface area contributed by atoms with Gasteiger partial charge in [-0.05, 0) is 28.7 Å². The van der Waals surface area contributed by atoms with E-state index in [1.54, 1.807) is 6.20 Å². The Balaban J connectivity index is 2.48. The van der Waals surface area contributed by atoms with Gasteiger partial charge in [0.1, 0.15) is 4.83 Å². The minimum Gasteiger partial charge on any atom is -0.244 e. The number of rotatable bonds is 1. The Morgan fingerprint density at radius 3 is 2.75 bits per heavy atom. The van der Waals surface area contributed by atoms with Crippen LogP contribution in [0.5, 0.6) is 0 Å². The van der Waals surface area contributed by atoms with Crippen LogP contribution in [0.4, 0.5) is 13.2 Å². The zero-order valence-corrected chi connectivity index (χ0v) is 11.3. The average molecular weight is 378 g/mol. The first kappa shape index (κ1) is 12.4. The van der Waals surface area contributed by atoms with Crippen molar-refractivity contribution in [1.82, 2.24) is 4.98 Å². The minimum atomic E-state index is -4.19. The Morgan fingerprint density at radius 2 is 2.12 bits per heavy atom. The molecule has 86 valence electrons. The fourth-order valence-corrected chi connectivity index (χ4v) is 2.99. The maximum Gasteiger partial charge on any atom is 0.393 e. The molecule has 0 N–H and O–H groups in total. The van der Waals surface area contributed by atoms with E-state index in [1.807, 2.05) is 22.6 Å². The van der Waals surface area contributed by atoms with E-state index < -0.39 is 12.6 Å². The molecule has 0 radical (unpaired) electrons. The molecule has 0 aliphatic heterocycles. The monoisotopic (exact) mass is 377 g/mol. The van der Waals surface area contributed by atoms with Crippen molar-refractivity contribution < 1.29 is 13.2 Å². The van der Waals surface area contributed by atoms with E-state index in [0.717, 1.165) is 14.9 Å². The van der Waals surface area contributed by atoms with Gasteiger partial charge in [-0.15, -0.1) is 11.3 Å². The van der Waals surface area contributed by atoms with Gasteiger partial charge in [0.25, 0.3) is 0 Å². The van der Waals surface area contributed by atoms with Crippen LogP contribution in [-0.2, 0) is 6.42 Å². The lowest BCUT2D eigenvalue weighted by atomic mass is 10.3. The number of alkyl halides is 3. The predicted octanol–water partition coefficient (Wildman–Crippen LogP) is 4.66. The zero-order chi connectivity index (χ0) is 11.9. The summed E-state index contributed by atoms with van der Waals surface area (Å²) in [6.07, 6.45) is -3.57. The van der Waals surface area contributed by atoms with E-state index in [2.05, 4.69) is 4.98 Å². The molecule has 0 amide bonds. The molecule has 0 saturated carbocycles. The lowest BCUT2D eigenvalue weighted by Gasteiger charge is -2.01. The second-order valence-corrected chi connectivity index (χ2v) is 5.80. The summed E-state index contributed by atoms with van der Waals surface area (Å²) >= 11 is 9.01. The van der Waals surface area contributed by atoms with Gasteiger partial charge in [-0.2, -0.15) is 13.2 Å². The van der Waals surface area contributed by atoms with E-state index in [0.29, 0.717) is 15.2 Å². The van der Waals surface area contributed by atoms with Crippen molar-refractivity contribution >= 4 is 55.7 Å². The standard InChI is InChI=1S/C9H4ClF3INS/c10-7-5-1-4(2-9(11,12)13)16-8(5)15-3-6(7)14/h1,3H,2H2. The van der Waals surface area contributed by atoms with Gasteiger partial charge in [0.05, 0.1) is 15.0 Å². The van der Waals surface area contributed by atoms with Gasteiger partial charge in [-0.3, -0.25) is 0 Å². The van der Waals surface area contributed by atoms with Crippen LogP contribution in [0, 0.1) is 3.57 Å². The number of nitrogens with zero attached hydrogens (tertiary/aromatic N) is 1. The van der Waals surface area contributed by atoms with Crippen LogP contribution in [0.2, 0.25) is 5.02 Å². The molecule has 0 unspecified atom stereocenters. The van der Waals surface area contributed by atoms with Crippen LogP contribution in [-0.4, -0.2) is 11.2 Å². The summed E-state index contributed by atoms with van der Waals surface area (Å²) in [5, 5.41) is 1.06. The summed E-state index contributed by atoms with van der Waals surface area (Å²) in [5.41, 5.74) is 0. The molecule has 0 aliphatic carbocycles. The molecule has 2 aromatic heterocycles. The lowest BCUT2D eigenvalue weighted by Crippen LogP contribution is -2.09. The highest BCUT2D eigenvalue weighted by molar-refractivity contribution is 14.1. The summed E-state index contributed by atoms with van der Waals surface area (Å²) in [4.78, 5) is 4.83. The molecule has 1 nitrogen and oxygen atoms in total. The number of fused-ring (bicyclic) bond motifs is 1. The highest BCUT2D eigenvalue weighted by Gasteiger charge is 2.29. The molecular weight excluding hydrogens is 374 g/mol. The normalized spacial score (nSPS) is 12.3. The van der Waals surface area contributed by atoms with Gasteiger partial charge in [0.2, 0.25) is 0 Å². The van der Waals surface area contributed by atoms with Crippen LogP contribution in [0.3, 0.4) is 0 Å². The van der Waals surface area contributed by atoms with E-state index in [4.69, 9.17) is 11.6 Å². The highest BCUT2D eigenvalue weighted by Crippen LogP contribution is 2.34. The Kier molecular flexibility index (Phi) is 3.33. The molecule has 2 rings (SSSR count). The molecule has 0 aliphatic rings. The van der Waals surface area contributed by atoms with Gasteiger partial charge in [0, 0.05) is 16.5 Å². The summed E-state index contributed by atoms with van der Waals surface area (Å²) in [6.45, 7) is 0.